The number of nitrogens with zero attached hydrogens (tertiary/aromatic N) is 1. The summed E-state index contributed by atoms with van der Waals surface area (Å²) >= 11 is 6.06. The highest BCUT2D eigenvalue weighted by molar-refractivity contribution is 6.32. The summed E-state index contributed by atoms with van der Waals surface area (Å²) in [6.07, 6.45) is 0. The van der Waals surface area contributed by atoms with Gasteiger partial charge in [-0.1, -0.05) is 11.6 Å². The molecule has 8 nitrogen and oxygen atoms in total. The van der Waals surface area contributed by atoms with Crippen LogP contribution in [0, 0.1) is 11.3 Å². The first-order valence-electron chi connectivity index (χ1n) is 8.22. The molecule has 1 aromatic carbocycles. The zero-order valence-corrected chi connectivity index (χ0v) is 15.5. The average Bonchev–Trinajstić information content (AvgIpc) is 3.12. The third kappa shape index (κ3) is 4.57. The molecule has 2 saturated heterocycles. The van der Waals surface area contributed by atoms with E-state index in [0.29, 0.717) is 35.5 Å². The molecule has 0 bridgehead atoms. The van der Waals surface area contributed by atoms with Crippen molar-refractivity contribution in [3.05, 3.63) is 23.2 Å². The van der Waals surface area contributed by atoms with Gasteiger partial charge in [-0.3, -0.25) is 4.79 Å². The van der Waals surface area contributed by atoms with Crippen molar-refractivity contribution >= 4 is 29.3 Å². The Morgan fingerprint density at radius 1 is 1.50 bits per heavy atom. The van der Waals surface area contributed by atoms with Crippen molar-refractivity contribution in [3.63, 3.8) is 0 Å². The lowest BCUT2D eigenvalue weighted by molar-refractivity contribution is -0.134. The second-order valence-corrected chi connectivity index (χ2v) is 6.93. The maximum Gasteiger partial charge on any atom is 0.321 e. The molecule has 0 aromatic heterocycles. The van der Waals surface area contributed by atoms with Gasteiger partial charge < -0.3 is 30.5 Å². The topological polar surface area (TPSA) is 111 Å². The minimum atomic E-state index is -0.833. The zero-order valence-electron chi connectivity index (χ0n) is 14.8. The summed E-state index contributed by atoms with van der Waals surface area (Å²) in [6.45, 7) is 4.01. The van der Waals surface area contributed by atoms with Gasteiger partial charge in [0.2, 0.25) is 0 Å². The highest BCUT2D eigenvalue weighted by atomic mass is 35.5. The number of carboxylic acid groups (broad SMARTS) is 1. The minimum absolute atomic E-state index is 0.100. The lowest BCUT2D eigenvalue weighted by atomic mass is 9.82. The quantitative estimate of drug-likeness (QED) is 0.627. The number of likely N-dealkylation sites (tertiary alicyclic amines) is 1. The van der Waals surface area contributed by atoms with Crippen LogP contribution in [0.2, 0.25) is 5.02 Å². The highest BCUT2D eigenvalue weighted by Gasteiger charge is 2.50. The first-order chi connectivity index (χ1) is 12.3. The van der Waals surface area contributed by atoms with Gasteiger partial charge in [-0.25, -0.2) is 4.79 Å². The van der Waals surface area contributed by atoms with E-state index in [1.807, 2.05) is 0 Å². The molecular formula is C17H24ClN3O5. The van der Waals surface area contributed by atoms with E-state index in [4.69, 9.17) is 26.2 Å². The lowest BCUT2D eigenvalue weighted by Crippen LogP contribution is -2.39. The molecule has 2 unspecified atom stereocenters. The van der Waals surface area contributed by atoms with Crippen molar-refractivity contribution < 1.29 is 24.5 Å². The van der Waals surface area contributed by atoms with Gasteiger partial charge in [0.25, 0.3) is 5.97 Å². The number of fused-ring (bicyclic) bond motifs is 1. The Bertz CT molecular complexity index is 668. The third-order valence-electron chi connectivity index (χ3n) is 4.69. The zero-order chi connectivity index (χ0) is 19.3. The number of anilines is 1. The van der Waals surface area contributed by atoms with E-state index in [-0.39, 0.29) is 18.1 Å². The number of hydrogen-bond acceptors (Lipinski definition) is 5. The standard InChI is InChI=1S/C15H20ClN3O3.C2H4O2/c1-22-13-3-2-11(4-12(13)16)18-14(21)19-6-10-5-17-7-15(10,8-19)9-20;1-2(3)4/h2-4,10,17,20H,5-9H2,1H3,(H,18,21);1H3,(H,3,4). The second kappa shape index (κ2) is 8.57. The first kappa shape index (κ1) is 20.3. The van der Waals surface area contributed by atoms with Gasteiger partial charge in [0.1, 0.15) is 5.75 Å². The molecule has 4 N–H and O–H groups in total. The maximum atomic E-state index is 12.4. The minimum Gasteiger partial charge on any atom is -0.495 e. The Kier molecular flexibility index (Phi) is 6.69. The number of amides is 2. The molecule has 26 heavy (non-hydrogen) atoms. The molecule has 144 valence electrons. The van der Waals surface area contributed by atoms with Crippen LogP contribution in [0.4, 0.5) is 10.5 Å². The van der Waals surface area contributed by atoms with Crippen molar-refractivity contribution in [1.29, 1.82) is 0 Å². The summed E-state index contributed by atoms with van der Waals surface area (Å²) in [7, 11) is 1.55. The largest absolute Gasteiger partial charge is 0.495 e. The van der Waals surface area contributed by atoms with Crippen molar-refractivity contribution in [1.82, 2.24) is 10.2 Å². The van der Waals surface area contributed by atoms with Crippen molar-refractivity contribution in [3.8, 4) is 5.75 Å². The molecule has 2 amide bonds. The van der Waals surface area contributed by atoms with E-state index < -0.39 is 5.97 Å². The number of carbonyl (C=O) groups excluding carboxylic acids is 1. The Morgan fingerprint density at radius 3 is 2.73 bits per heavy atom. The van der Waals surface area contributed by atoms with Crippen molar-refractivity contribution in [2.75, 3.05) is 45.2 Å². The number of aliphatic hydroxyl groups is 1. The van der Waals surface area contributed by atoms with Crippen LogP contribution in [0.15, 0.2) is 18.2 Å². The van der Waals surface area contributed by atoms with Crippen LogP contribution < -0.4 is 15.4 Å². The van der Waals surface area contributed by atoms with Crippen LogP contribution >= 0.6 is 11.6 Å². The molecule has 0 saturated carbocycles. The molecule has 2 aliphatic rings. The van der Waals surface area contributed by atoms with Gasteiger partial charge in [0, 0.05) is 44.2 Å². The molecule has 2 aliphatic heterocycles. The summed E-state index contributed by atoms with van der Waals surface area (Å²) in [5.74, 6) is 0.0448. The second-order valence-electron chi connectivity index (χ2n) is 6.53. The number of urea groups is 1. The number of halogens is 1. The van der Waals surface area contributed by atoms with Crippen LogP contribution in [0.3, 0.4) is 0 Å². The smallest absolute Gasteiger partial charge is 0.321 e. The summed E-state index contributed by atoms with van der Waals surface area (Å²) in [6, 6.07) is 4.97. The number of nitrogens with one attached hydrogen (secondary N) is 2. The molecule has 9 heteroatoms. The van der Waals surface area contributed by atoms with Gasteiger partial charge >= 0.3 is 6.03 Å². The Labute approximate surface area is 157 Å². The molecule has 2 fully saturated rings. The molecule has 0 radical (unpaired) electrons. The molecule has 2 atom stereocenters. The van der Waals surface area contributed by atoms with Crippen LogP contribution in [-0.2, 0) is 4.79 Å². The van der Waals surface area contributed by atoms with E-state index >= 15 is 0 Å². The SMILES string of the molecule is CC(=O)O.COc1ccc(NC(=O)N2CC3CNCC3(CO)C2)cc1Cl. The molecular weight excluding hydrogens is 362 g/mol. The average molecular weight is 386 g/mol. The van der Waals surface area contributed by atoms with Gasteiger partial charge in [0.05, 0.1) is 18.7 Å². The summed E-state index contributed by atoms with van der Waals surface area (Å²) in [4.78, 5) is 23.2. The first-order valence-corrected chi connectivity index (χ1v) is 8.59. The number of ether oxygens (including phenoxy) is 1. The highest BCUT2D eigenvalue weighted by Crippen LogP contribution is 2.38. The Hall–Kier alpha value is -2.03. The summed E-state index contributed by atoms with van der Waals surface area (Å²) < 4.78 is 5.09. The summed E-state index contributed by atoms with van der Waals surface area (Å²) in [5.41, 5.74) is 0.429. The molecule has 2 heterocycles. The van der Waals surface area contributed by atoms with Crippen molar-refractivity contribution in [2.45, 2.75) is 6.92 Å². The van der Waals surface area contributed by atoms with Gasteiger partial charge in [-0.2, -0.15) is 0 Å². The monoisotopic (exact) mass is 385 g/mol. The van der Waals surface area contributed by atoms with Gasteiger partial charge in [-0.15, -0.1) is 0 Å². The number of methoxy groups -OCH3 is 1. The fraction of sp³-hybridized carbons (Fsp3) is 0.529. The van der Waals surface area contributed by atoms with E-state index in [1.165, 1.54) is 0 Å². The van der Waals surface area contributed by atoms with Crippen LogP contribution in [-0.4, -0.2) is 67.0 Å². The van der Waals surface area contributed by atoms with Crippen LogP contribution in [0.5, 0.6) is 5.75 Å². The number of aliphatic hydroxyl groups excluding tert-OH is 1. The number of carbonyl (C=O) groups is 2. The Balaban J connectivity index is 0.000000552. The third-order valence-corrected chi connectivity index (χ3v) is 4.98. The van der Waals surface area contributed by atoms with E-state index in [9.17, 15) is 9.90 Å². The number of rotatable bonds is 3. The van der Waals surface area contributed by atoms with Crippen LogP contribution in [0.25, 0.3) is 0 Å². The fourth-order valence-corrected chi connectivity index (χ4v) is 3.60. The predicted octanol–water partition coefficient (Wildman–Crippen LogP) is 1.49. The molecule has 0 aliphatic carbocycles. The van der Waals surface area contributed by atoms with Gasteiger partial charge in [0.15, 0.2) is 0 Å². The predicted molar refractivity (Wildman–Crippen MR) is 97.8 cm³/mol. The number of benzene rings is 1. The lowest BCUT2D eigenvalue weighted by Gasteiger charge is -2.25. The molecule has 3 rings (SSSR count). The fourth-order valence-electron chi connectivity index (χ4n) is 3.35. The summed E-state index contributed by atoms with van der Waals surface area (Å²) in [5, 5.41) is 23.7. The van der Waals surface area contributed by atoms with Gasteiger partial charge in [-0.05, 0) is 24.1 Å². The Morgan fingerprint density at radius 2 is 2.19 bits per heavy atom. The number of carboxylic acids is 1. The van der Waals surface area contributed by atoms with E-state index in [2.05, 4.69) is 10.6 Å². The normalized spacial score (nSPS) is 23.7. The number of hydrogen-bond donors (Lipinski definition) is 4. The maximum absolute atomic E-state index is 12.4. The van der Waals surface area contributed by atoms with Crippen LogP contribution in [0.1, 0.15) is 6.92 Å². The molecule has 1 aromatic rings. The number of aliphatic carboxylic acids is 1. The van der Waals surface area contributed by atoms with E-state index in [1.54, 1.807) is 30.2 Å². The van der Waals surface area contributed by atoms with E-state index in [0.717, 1.165) is 20.0 Å². The molecule has 0 spiro atoms. The van der Waals surface area contributed by atoms with Crippen molar-refractivity contribution in [2.24, 2.45) is 11.3 Å².